The highest BCUT2D eigenvalue weighted by Crippen LogP contribution is 2.35. The molecule has 1 aromatic carbocycles. The van der Waals surface area contributed by atoms with Gasteiger partial charge >= 0.3 is 0 Å². The van der Waals surface area contributed by atoms with Gasteiger partial charge < -0.3 is 14.0 Å². The molecule has 1 atom stereocenters. The summed E-state index contributed by atoms with van der Waals surface area (Å²) in [6.45, 7) is 0. The van der Waals surface area contributed by atoms with Crippen molar-refractivity contribution in [1.82, 2.24) is 5.10 Å². The standard InChI is InChI=1S/C10H11N2O3P/c1-12-7-10(16(13,14)15-2)8-5-3-4-6-9(8)11-12/h3-7H,1-2H3. The molecule has 0 saturated heterocycles. The Morgan fingerprint density at radius 3 is 2.81 bits per heavy atom. The first-order valence-corrected chi connectivity index (χ1v) is 6.22. The molecule has 1 heterocycles. The van der Waals surface area contributed by atoms with Gasteiger partial charge in [-0.3, -0.25) is 0 Å². The molecular weight excluding hydrogens is 227 g/mol. The zero-order valence-corrected chi connectivity index (χ0v) is 9.85. The molecule has 6 heteroatoms. The minimum Gasteiger partial charge on any atom is -0.775 e. The van der Waals surface area contributed by atoms with E-state index in [2.05, 4.69) is 9.62 Å². The van der Waals surface area contributed by atoms with Crippen molar-refractivity contribution in [3.63, 3.8) is 0 Å². The van der Waals surface area contributed by atoms with E-state index in [-0.39, 0.29) is 5.30 Å². The van der Waals surface area contributed by atoms with E-state index in [1.165, 1.54) is 10.9 Å². The molecule has 0 aliphatic heterocycles. The number of hydrogen-bond donors (Lipinski definition) is 0. The van der Waals surface area contributed by atoms with Crippen molar-refractivity contribution in [2.75, 3.05) is 7.11 Å². The molecule has 0 radical (unpaired) electrons. The Balaban J connectivity index is 2.83. The van der Waals surface area contributed by atoms with Gasteiger partial charge in [0.05, 0.1) is 5.30 Å². The number of rotatable bonds is 2. The fourth-order valence-electron chi connectivity index (χ4n) is 1.54. The molecule has 2 rings (SSSR count). The van der Waals surface area contributed by atoms with Crippen LogP contribution in [0.1, 0.15) is 0 Å². The summed E-state index contributed by atoms with van der Waals surface area (Å²) in [5, 5.41) is 4.91. The van der Waals surface area contributed by atoms with Crippen LogP contribution < -0.4 is 14.9 Å². The average molecular weight is 238 g/mol. The smallest absolute Gasteiger partial charge is 0.208 e. The maximum absolute atomic E-state index is 11.7. The summed E-state index contributed by atoms with van der Waals surface area (Å²) < 4.78 is 17.7. The van der Waals surface area contributed by atoms with Gasteiger partial charge in [-0.25, -0.2) is 0 Å². The Kier molecular flexibility index (Phi) is 2.76. The normalized spacial score (nSPS) is 14.9. The van der Waals surface area contributed by atoms with Crippen LogP contribution in [0, 0.1) is 0 Å². The van der Waals surface area contributed by atoms with E-state index in [4.69, 9.17) is 0 Å². The van der Waals surface area contributed by atoms with Crippen molar-refractivity contribution in [3.8, 4) is 0 Å². The van der Waals surface area contributed by atoms with E-state index in [0.717, 1.165) is 7.11 Å². The minimum absolute atomic E-state index is 0.156. The van der Waals surface area contributed by atoms with Gasteiger partial charge in [0.15, 0.2) is 14.6 Å². The zero-order chi connectivity index (χ0) is 11.8. The Labute approximate surface area is 92.8 Å². The molecule has 0 aliphatic carbocycles. The van der Waals surface area contributed by atoms with Gasteiger partial charge in [0.1, 0.15) is 5.52 Å². The molecule has 84 valence electrons. The lowest BCUT2D eigenvalue weighted by Crippen LogP contribution is -2.37. The van der Waals surface area contributed by atoms with E-state index in [9.17, 15) is 9.46 Å². The highest BCUT2D eigenvalue weighted by Gasteiger charge is 2.19. The molecule has 0 fully saturated rings. The first kappa shape index (κ1) is 11.2. The van der Waals surface area contributed by atoms with E-state index in [1.807, 2.05) is 6.07 Å². The van der Waals surface area contributed by atoms with Gasteiger partial charge in [-0.05, 0) is 11.2 Å². The van der Waals surface area contributed by atoms with E-state index < -0.39 is 7.60 Å². The van der Waals surface area contributed by atoms with Crippen molar-refractivity contribution in [3.05, 3.63) is 30.5 Å². The molecular formula is C10H11N2O3P. The van der Waals surface area contributed by atoms with Crippen LogP contribution in [0.25, 0.3) is 10.9 Å². The predicted octanol–water partition coefficient (Wildman–Crippen LogP) is -0.116. The second-order valence-corrected chi connectivity index (χ2v) is 5.23. The van der Waals surface area contributed by atoms with Gasteiger partial charge in [-0.2, -0.15) is 0 Å². The number of aromatic nitrogens is 2. The lowest BCUT2D eigenvalue weighted by Gasteiger charge is -2.20. The molecule has 0 bridgehead atoms. The number of benzene rings is 1. The Bertz CT molecular complexity index is 585. The second-order valence-electron chi connectivity index (χ2n) is 3.39. The van der Waals surface area contributed by atoms with Crippen LogP contribution in [0.15, 0.2) is 30.5 Å². The predicted molar refractivity (Wildman–Crippen MR) is 57.2 cm³/mol. The maximum Gasteiger partial charge on any atom is 0.208 e. The summed E-state index contributed by atoms with van der Waals surface area (Å²) in [7, 11) is -1.18. The van der Waals surface area contributed by atoms with Crippen LogP contribution in [0.2, 0.25) is 0 Å². The molecule has 0 amide bonds. The van der Waals surface area contributed by atoms with Crippen molar-refractivity contribution in [2.24, 2.45) is 7.05 Å². The summed E-state index contributed by atoms with van der Waals surface area (Å²) >= 11 is 0. The van der Waals surface area contributed by atoms with Gasteiger partial charge in [-0.1, -0.05) is 22.9 Å². The van der Waals surface area contributed by atoms with Crippen molar-refractivity contribution in [2.45, 2.75) is 0 Å². The van der Waals surface area contributed by atoms with Crippen LogP contribution in [0.5, 0.6) is 0 Å². The molecule has 5 nitrogen and oxygen atoms in total. The summed E-state index contributed by atoms with van der Waals surface area (Å²) in [6, 6.07) is 7.04. The second kappa shape index (κ2) is 3.94. The highest BCUT2D eigenvalue weighted by molar-refractivity contribution is 7.60. The van der Waals surface area contributed by atoms with Gasteiger partial charge in [0.25, 0.3) is 0 Å². The number of aryl methyl sites for hydroxylation is 1. The summed E-state index contributed by atoms with van der Waals surface area (Å²) in [5.74, 6) is 0. The quantitative estimate of drug-likeness (QED) is 0.540. The van der Waals surface area contributed by atoms with Gasteiger partial charge in [0.2, 0.25) is 6.20 Å². The molecule has 16 heavy (non-hydrogen) atoms. The van der Waals surface area contributed by atoms with Crippen LogP contribution >= 0.6 is 7.60 Å². The first-order chi connectivity index (χ1) is 7.54. The van der Waals surface area contributed by atoms with Gasteiger partial charge in [-0.15, -0.1) is 0 Å². The SMILES string of the molecule is COP(=O)([O-])c1c[n+](C)nc2ccccc12. The summed E-state index contributed by atoms with van der Waals surface area (Å²) in [4.78, 5) is 11.7. The van der Waals surface area contributed by atoms with E-state index >= 15 is 0 Å². The lowest BCUT2D eigenvalue weighted by molar-refractivity contribution is -0.727. The maximum atomic E-state index is 11.7. The number of nitrogens with zero attached hydrogens (tertiary/aromatic N) is 2. The molecule has 0 N–H and O–H groups in total. The fraction of sp³-hybridized carbons (Fsp3) is 0.200. The highest BCUT2D eigenvalue weighted by atomic mass is 31.2. The third-order valence-electron chi connectivity index (χ3n) is 2.29. The van der Waals surface area contributed by atoms with Crippen LogP contribution in [0.4, 0.5) is 0 Å². The molecule has 1 unspecified atom stereocenters. The Hall–Kier alpha value is -1.29. The zero-order valence-electron chi connectivity index (χ0n) is 8.95. The average Bonchev–Trinajstić information content (AvgIpc) is 2.28. The third-order valence-corrected chi connectivity index (χ3v) is 3.72. The third kappa shape index (κ3) is 1.85. The minimum atomic E-state index is -4.01. The Morgan fingerprint density at radius 1 is 1.44 bits per heavy atom. The van der Waals surface area contributed by atoms with Crippen LogP contribution in [-0.4, -0.2) is 12.2 Å². The topological polar surface area (TPSA) is 66.1 Å². The molecule has 1 aromatic heterocycles. The fourth-order valence-corrected chi connectivity index (χ4v) is 2.53. The molecule has 0 saturated carbocycles. The van der Waals surface area contributed by atoms with Gasteiger partial charge in [0, 0.05) is 12.5 Å². The molecule has 0 aliphatic rings. The molecule has 0 spiro atoms. The van der Waals surface area contributed by atoms with Crippen LogP contribution in [-0.2, 0) is 16.1 Å². The van der Waals surface area contributed by atoms with E-state index in [1.54, 1.807) is 25.2 Å². The number of fused-ring (bicyclic) bond motifs is 1. The summed E-state index contributed by atoms with van der Waals surface area (Å²) in [6.07, 6.45) is 1.44. The lowest BCUT2D eigenvalue weighted by atomic mass is 10.2. The van der Waals surface area contributed by atoms with E-state index in [0.29, 0.717) is 10.9 Å². The molecule has 2 aromatic rings. The summed E-state index contributed by atoms with van der Waals surface area (Å²) in [5.41, 5.74) is 0.621. The monoisotopic (exact) mass is 238 g/mol. The number of hydrogen-bond acceptors (Lipinski definition) is 4. The van der Waals surface area contributed by atoms with Crippen molar-refractivity contribution in [1.29, 1.82) is 0 Å². The van der Waals surface area contributed by atoms with Crippen molar-refractivity contribution >= 4 is 23.8 Å². The largest absolute Gasteiger partial charge is 0.775 e. The van der Waals surface area contributed by atoms with Crippen molar-refractivity contribution < 1.29 is 18.7 Å². The Morgan fingerprint density at radius 2 is 2.12 bits per heavy atom. The van der Waals surface area contributed by atoms with Crippen LogP contribution in [0.3, 0.4) is 0 Å². The first-order valence-electron chi connectivity index (χ1n) is 4.67.